The molecule has 2 aromatic rings. The first-order valence-electron chi connectivity index (χ1n) is 7.79. The third kappa shape index (κ3) is 4.63. The summed E-state index contributed by atoms with van der Waals surface area (Å²) in [5.74, 6) is 2.75. The van der Waals surface area contributed by atoms with E-state index in [1.807, 2.05) is 36.4 Å². The Kier molecular flexibility index (Phi) is 6.29. The third-order valence-corrected chi connectivity index (χ3v) is 3.90. The lowest BCUT2D eigenvalue weighted by atomic mass is 9.94. The molecule has 0 saturated heterocycles. The standard InChI is InChI=1S/C19H25NO3/c1-14-4-9-19(22-3)18(12-14)15(13-20)10-11-23-17-7-5-16(21-2)6-8-17/h4-9,12,15H,10-11,13,20H2,1-3H3. The summed E-state index contributed by atoms with van der Waals surface area (Å²) in [6.45, 7) is 3.24. The zero-order valence-electron chi connectivity index (χ0n) is 14.0. The van der Waals surface area contributed by atoms with Gasteiger partial charge in [-0.25, -0.2) is 0 Å². The Hall–Kier alpha value is -2.20. The Labute approximate surface area is 138 Å². The summed E-state index contributed by atoms with van der Waals surface area (Å²) in [4.78, 5) is 0. The van der Waals surface area contributed by atoms with Crippen molar-refractivity contribution in [1.82, 2.24) is 0 Å². The van der Waals surface area contributed by atoms with Gasteiger partial charge < -0.3 is 19.9 Å². The number of hydrogen-bond acceptors (Lipinski definition) is 4. The van der Waals surface area contributed by atoms with Crippen LogP contribution >= 0.6 is 0 Å². The smallest absolute Gasteiger partial charge is 0.122 e. The Balaban J connectivity index is 1.98. The Morgan fingerprint density at radius 3 is 2.26 bits per heavy atom. The molecule has 124 valence electrons. The number of benzene rings is 2. The van der Waals surface area contributed by atoms with Gasteiger partial charge in [0.2, 0.25) is 0 Å². The van der Waals surface area contributed by atoms with Crippen LogP contribution in [0.15, 0.2) is 42.5 Å². The second kappa shape index (κ2) is 8.44. The molecule has 0 heterocycles. The van der Waals surface area contributed by atoms with Gasteiger partial charge >= 0.3 is 0 Å². The average molecular weight is 315 g/mol. The van der Waals surface area contributed by atoms with Gasteiger partial charge in [0.1, 0.15) is 17.2 Å². The van der Waals surface area contributed by atoms with Crippen LogP contribution in [0.4, 0.5) is 0 Å². The molecule has 0 fully saturated rings. The molecule has 0 aliphatic heterocycles. The van der Waals surface area contributed by atoms with E-state index < -0.39 is 0 Å². The van der Waals surface area contributed by atoms with Crippen LogP contribution in [0.25, 0.3) is 0 Å². The van der Waals surface area contributed by atoms with Crippen LogP contribution in [0, 0.1) is 6.92 Å². The van der Waals surface area contributed by atoms with Crippen molar-refractivity contribution in [3.63, 3.8) is 0 Å². The predicted octanol–water partition coefficient (Wildman–Crippen LogP) is 3.52. The predicted molar refractivity (Wildman–Crippen MR) is 92.6 cm³/mol. The highest BCUT2D eigenvalue weighted by molar-refractivity contribution is 5.39. The maximum atomic E-state index is 5.97. The van der Waals surface area contributed by atoms with E-state index in [1.54, 1.807) is 14.2 Å². The van der Waals surface area contributed by atoms with E-state index >= 15 is 0 Å². The molecule has 2 rings (SSSR count). The highest BCUT2D eigenvalue weighted by Gasteiger charge is 2.15. The van der Waals surface area contributed by atoms with Crippen molar-refractivity contribution in [2.24, 2.45) is 5.73 Å². The fraction of sp³-hybridized carbons (Fsp3) is 0.368. The molecule has 2 N–H and O–H groups in total. The van der Waals surface area contributed by atoms with E-state index in [0.29, 0.717) is 13.2 Å². The Morgan fingerprint density at radius 2 is 1.65 bits per heavy atom. The molecule has 1 atom stereocenters. The second-order valence-electron chi connectivity index (χ2n) is 5.49. The van der Waals surface area contributed by atoms with E-state index in [0.717, 1.165) is 29.2 Å². The lowest BCUT2D eigenvalue weighted by Crippen LogP contribution is -2.16. The summed E-state index contributed by atoms with van der Waals surface area (Å²) >= 11 is 0. The molecule has 0 bridgehead atoms. The van der Waals surface area contributed by atoms with Crippen molar-refractivity contribution in [2.45, 2.75) is 19.3 Å². The SMILES string of the molecule is COc1ccc(OCCC(CN)c2cc(C)ccc2OC)cc1. The molecule has 0 aromatic heterocycles. The van der Waals surface area contributed by atoms with Gasteiger partial charge in [-0.05, 0) is 55.8 Å². The van der Waals surface area contributed by atoms with Crippen molar-refractivity contribution in [1.29, 1.82) is 0 Å². The molecule has 0 amide bonds. The lowest BCUT2D eigenvalue weighted by molar-refractivity contribution is 0.296. The number of aryl methyl sites for hydroxylation is 1. The third-order valence-electron chi connectivity index (χ3n) is 3.90. The van der Waals surface area contributed by atoms with Gasteiger partial charge in [-0.3, -0.25) is 0 Å². The molecule has 23 heavy (non-hydrogen) atoms. The molecule has 0 aliphatic carbocycles. The van der Waals surface area contributed by atoms with Crippen LogP contribution in [0.3, 0.4) is 0 Å². The first-order chi connectivity index (χ1) is 11.2. The minimum absolute atomic E-state index is 0.211. The summed E-state index contributed by atoms with van der Waals surface area (Å²) in [6, 6.07) is 13.8. The normalized spacial score (nSPS) is 11.8. The summed E-state index contributed by atoms with van der Waals surface area (Å²) in [6.07, 6.45) is 0.836. The number of methoxy groups -OCH3 is 2. The number of hydrogen-bond donors (Lipinski definition) is 1. The number of ether oxygens (including phenoxy) is 3. The zero-order valence-corrected chi connectivity index (χ0v) is 14.0. The van der Waals surface area contributed by atoms with Crippen LogP contribution in [-0.2, 0) is 0 Å². The average Bonchev–Trinajstić information content (AvgIpc) is 2.59. The largest absolute Gasteiger partial charge is 0.497 e. The Bertz CT molecular complexity index is 611. The molecular weight excluding hydrogens is 290 g/mol. The fourth-order valence-electron chi connectivity index (χ4n) is 2.56. The molecule has 0 radical (unpaired) electrons. The zero-order chi connectivity index (χ0) is 16.7. The molecule has 0 aliphatic rings. The molecule has 4 nitrogen and oxygen atoms in total. The molecular formula is C19H25NO3. The van der Waals surface area contributed by atoms with Gasteiger partial charge in [0, 0.05) is 5.92 Å². The van der Waals surface area contributed by atoms with Crippen LogP contribution in [0.2, 0.25) is 0 Å². The lowest BCUT2D eigenvalue weighted by Gasteiger charge is -2.19. The van der Waals surface area contributed by atoms with E-state index in [4.69, 9.17) is 19.9 Å². The van der Waals surface area contributed by atoms with Crippen LogP contribution in [-0.4, -0.2) is 27.4 Å². The Morgan fingerprint density at radius 1 is 0.957 bits per heavy atom. The van der Waals surface area contributed by atoms with Crippen molar-refractivity contribution >= 4 is 0 Å². The minimum atomic E-state index is 0.211. The molecule has 1 unspecified atom stereocenters. The maximum Gasteiger partial charge on any atom is 0.122 e. The van der Waals surface area contributed by atoms with Crippen molar-refractivity contribution in [3.8, 4) is 17.2 Å². The first-order valence-corrected chi connectivity index (χ1v) is 7.79. The summed E-state index contributed by atoms with van der Waals surface area (Å²) in [5, 5.41) is 0. The first kappa shape index (κ1) is 17.2. The highest BCUT2D eigenvalue weighted by Crippen LogP contribution is 2.29. The van der Waals surface area contributed by atoms with Crippen molar-refractivity contribution in [2.75, 3.05) is 27.4 Å². The van der Waals surface area contributed by atoms with E-state index in [2.05, 4.69) is 13.0 Å². The van der Waals surface area contributed by atoms with Gasteiger partial charge in [0.05, 0.1) is 20.8 Å². The summed E-state index contributed by atoms with van der Waals surface area (Å²) in [7, 11) is 3.34. The maximum absolute atomic E-state index is 5.97. The highest BCUT2D eigenvalue weighted by atomic mass is 16.5. The molecule has 0 saturated carbocycles. The summed E-state index contributed by atoms with van der Waals surface area (Å²) < 4.78 is 16.4. The van der Waals surface area contributed by atoms with Gasteiger partial charge in [-0.15, -0.1) is 0 Å². The van der Waals surface area contributed by atoms with E-state index in [-0.39, 0.29) is 5.92 Å². The number of nitrogens with two attached hydrogens (primary N) is 1. The van der Waals surface area contributed by atoms with Crippen LogP contribution in [0.1, 0.15) is 23.5 Å². The fourth-order valence-corrected chi connectivity index (χ4v) is 2.56. The van der Waals surface area contributed by atoms with E-state index in [9.17, 15) is 0 Å². The van der Waals surface area contributed by atoms with Gasteiger partial charge in [-0.2, -0.15) is 0 Å². The van der Waals surface area contributed by atoms with E-state index in [1.165, 1.54) is 5.56 Å². The summed E-state index contributed by atoms with van der Waals surface area (Å²) in [5.41, 5.74) is 8.32. The minimum Gasteiger partial charge on any atom is -0.497 e. The monoisotopic (exact) mass is 315 g/mol. The quantitative estimate of drug-likeness (QED) is 0.810. The molecule has 2 aromatic carbocycles. The van der Waals surface area contributed by atoms with Crippen LogP contribution in [0.5, 0.6) is 17.2 Å². The van der Waals surface area contributed by atoms with Crippen molar-refractivity contribution in [3.05, 3.63) is 53.6 Å². The van der Waals surface area contributed by atoms with Gasteiger partial charge in [0.25, 0.3) is 0 Å². The van der Waals surface area contributed by atoms with Crippen molar-refractivity contribution < 1.29 is 14.2 Å². The molecule has 4 heteroatoms. The number of rotatable bonds is 8. The topological polar surface area (TPSA) is 53.7 Å². The second-order valence-corrected chi connectivity index (χ2v) is 5.49. The van der Waals surface area contributed by atoms with Gasteiger partial charge in [0.15, 0.2) is 0 Å². The van der Waals surface area contributed by atoms with Crippen LogP contribution < -0.4 is 19.9 Å². The molecule has 0 spiro atoms. The van der Waals surface area contributed by atoms with Gasteiger partial charge in [-0.1, -0.05) is 17.7 Å².